The molecule has 0 aliphatic heterocycles. The number of hydrogen-bond acceptors (Lipinski definition) is 2. The molecule has 0 aliphatic rings. The molecule has 0 aromatic heterocycles. The fourth-order valence-corrected chi connectivity index (χ4v) is 2.21. The normalized spacial score (nSPS) is 11.4. The highest BCUT2D eigenvalue weighted by Gasteiger charge is 2.14. The van der Waals surface area contributed by atoms with Crippen LogP contribution in [0.15, 0.2) is 36.4 Å². The van der Waals surface area contributed by atoms with E-state index in [1.54, 1.807) is 0 Å². The first kappa shape index (κ1) is 14.4. The van der Waals surface area contributed by atoms with Crippen LogP contribution in [-0.2, 0) is 5.41 Å². The van der Waals surface area contributed by atoms with Gasteiger partial charge in [-0.1, -0.05) is 39.0 Å². The van der Waals surface area contributed by atoms with Crippen LogP contribution in [0.5, 0.6) is 0 Å². The van der Waals surface area contributed by atoms with Gasteiger partial charge in [0.2, 0.25) is 0 Å². The zero-order valence-electron chi connectivity index (χ0n) is 13.0. The Morgan fingerprint density at radius 3 is 2.10 bits per heavy atom. The fourth-order valence-electron chi connectivity index (χ4n) is 2.21. The van der Waals surface area contributed by atoms with Crippen molar-refractivity contribution in [3.8, 4) is 0 Å². The van der Waals surface area contributed by atoms with E-state index in [2.05, 4.69) is 57.3 Å². The van der Waals surface area contributed by atoms with Crippen molar-refractivity contribution in [3.05, 3.63) is 53.1 Å². The largest absolute Gasteiger partial charge is 0.397 e. The van der Waals surface area contributed by atoms with Crippen LogP contribution in [0.25, 0.3) is 0 Å². The lowest BCUT2D eigenvalue weighted by molar-refractivity contribution is 0.590. The Morgan fingerprint density at radius 1 is 0.900 bits per heavy atom. The standard InChI is InChI=1S/C18H24N2/c1-12-6-8-17(15(19)10-12)20-16-9-7-14(11-13(16)2)18(3,4)5/h6-11,20H,19H2,1-5H3. The van der Waals surface area contributed by atoms with Gasteiger partial charge in [0.1, 0.15) is 0 Å². The average molecular weight is 268 g/mol. The summed E-state index contributed by atoms with van der Waals surface area (Å²) >= 11 is 0. The Kier molecular flexibility index (Phi) is 3.76. The van der Waals surface area contributed by atoms with Crippen LogP contribution in [0, 0.1) is 13.8 Å². The number of rotatable bonds is 2. The Morgan fingerprint density at radius 2 is 1.55 bits per heavy atom. The molecule has 20 heavy (non-hydrogen) atoms. The van der Waals surface area contributed by atoms with E-state index in [-0.39, 0.29) is 5.41 Å². The van der Waals surface area contributed by atoms with E-state index >= 15 is 0 Å². The molecule has 0 atom stereocenters. The number of benzene rings is 2. The van der Waals surface area contributed by atoms with Gasteiger partial charge in [-0.05, 0) is 54.2 Å². The molecule has 0 fully saturated rings. The Bertz CT molecular complexity index is 622. The van der Waals surface area contributed by atoms with Crippen molar-refractivity contribution in [1.82, 2.24) is 0 Å². The highest BCUT2D eigenvalue weighted by Crippen LogP contribution is 2.30. The first-order valence-electron chi connectivity index (χ1n) is 7.01. The molecule has 2 nitrogen and oxygen atoms in total. The monoisotopic (exact) mass is 268 g/mol. The summed E-state index contributed by atoms with van der Waals surface area (Å²) in [5.41, 5.74) is 12.8. The lowest BCUT2D eigenvalue weighted by atomic mass is 9.86. The second-order valence-electron chi connectivity index (χ2n) is 6.50. The molecule has 2 aromatic rings. The molecule has 0 saturated heterocycles. The zero-order valence-corrected chi connectivity index (χ0v) is 13.0. The molecule has 0 amide bonds. The molecular formula is C18H24N2. The minimum absolute atomic E-state index is 0.173. The van der Waals surface area contributed by atoms with Gasteiger partial charge >= 0.3 is 0 Å². The number of nitrogens with one attached hydrogen (secondary N) is 1. The molecule has 0 saturated carbocycles. The first-order valence-corrected chi connectivity index (χ1v) is 7.01. The smallest absolute Gasteiger partial charge is 0.0618 e. The van der Waals surface area contributed by atoms with Gasteiger partial charge < -0.3 is 11.1 Å². The van der Waals surface area contributed by atoms with Gasteiger partial charge in [0.25, 0.3) is 0 Å². The van der Waals surface area contributed by atoms with Crippen LogP contribution < -0.4 is 11.1 Å². The quantitative estimate of drug-likeness (QED) is 0.758. The minimum Gasteiger partial charge on any atom is -0.397 e. The molecular weight excluding hydrogens is 244 g/mol. The third-order valence-corrected chi connectivity index (χ3v) is 3.57. The van der Waals surface area contributed by atoms with Crippen LogP contribution in [0.3, 0.4) is 0 Å². The lowest BCUT2D eigenvalue weighted by Gasteiger charge is -2.21. The summed E-state index contributed by atoms with van der Waals surface area (Å²) < 4.78 is 0. The number of hydrogen-bond donors (Lipinski definition) is 2. The van der Waals surface area contributed by atoms with E-state index in [0.717, 1.165) is 17.1 Å². The van der Waals surface area contributed by atoms with Crippen LogP contribution in [-0.4, -0.2) is 0 Å². The molecule has 0 unspecified atom stereocenters. The Hall–Kier alpha value is -1.96. The molecule has 2 rings (SSSR count). The SMILES string of the molecule is Cc1ccc(Nc2ccc(C(C)(C)C)cc2C)c(N)c1. The second-order valence-corrected chi connectivity index (χ2v) is 6.50. The summed E-state index contributed by atoms with van der Waals surface area (Å²) in [7, 11) is 0. The van der Waals surface area contributed by atoms with Gasteiger partial charge in [0.05, 0.1) is 11.4 Å². The van der Waals surface area contributed by atoms with Crippen LogP contribution in [0.4, 0.5) is 17.1 Å². The predicted octanol–water partition coefficient (Wildman–Crippen LogP) is 4.93. The van der Waals surface area contributed by atoms with Crippen molar-refractivity contribution in [3.63, 3.8) is 0 Å². The van der Waals surface area contributed by atoms with Crippen molar-refractivity contribution >= 4 is 17.1 Å². The molecule has 0 bridgehead atoms. The summed E-state index contributed by atoms with van der Waals surface area (Å²) in [6, 6.07) is 12.6. The molecule has 2 heteroatoms. The Balaban J connectivity index is 2.30. The van der Waals surface area contributed by atoms with E-state index in [1.807, 2.05) is 19.1 Å². The van der Waals surface area contributed by atoms with Gasteiger partial charge in [-0.2, -0.15) is 0 Å². The van der Waals surface area contributed by atoms with E-state index in [1.165, 1.54) is 16.7 Å². The maximum absolute atomic E-state index is 6.06. The highest BCUT2D eigenvalue weighted by atomic mass is 14.9. The molecule has 3 N–H and O–H groups in total. The van der Waals surface area contributed by atoms with Crippen molar-refractivity contribution in [2.24, 2.45) is 0 Å². The van der Waals surface area contributed by atoms with Gasteiger partial charge in [-0.15, -0.1) is 0 Å². The minimum atomic E-state index is 0.173. The van der Waals surface area contributed by atoms with Crippen LogP contribution in [0.1, 0.15) is 37.5 Å². The van der Waals surface area contributed by atoms with E-state index in [4.69, 9.17) is 5.73 Å². The van der Waals surface area contributed by atoms with Crippen molar-refractivity contribution in [1.29, 1.82) is 0 Å². The maximum Gasteiger partial charge on any atom is 0.0618 e. The summed E-state index contributed by atoms with van der Waals surface area (Å²) in [6.45, 7) is 10.9. The number of nitrogens with two attached hydrogens (primary N) is 1. The van der Waals surface area contributed by atoms with Crippen molar-refractivity contribution < 1.29 is 0 Å². The van der Waals surface area contributed by atoms with Gasteiger partial charge in [-0.25, -0.2) is 0 Å². The predicted molar refractivity (Wildman–Crippen MR) is 88.8 cm³/mol. The average Bonchev–Trinajstić information content (AvgIpc) is 2.33. The zero-order chi connectivity index (χ0) is 14.9. The van der Waals surface area contributed by atoms with Gasteiger partial charge in [0.15, 0.2) is 0 Å². The van der Waals surface area contributed by atoms with E-state index in [0.29, 0.717) is 0 Å². The molecule has 2 aromatic carbocycles. The molecule has 106 valence electrons. The third-order valence-electron chi connectivity index (χ3n) is 3.57. The molecule has 0 aliphatic carbocycles. The third kappa shape index (κ3) is 3.13. The van der Waals surface area contributed by atoms with E-state index in [9.17, 15) is 0 Å². The van der Waals surface area contributed by atoms with Crippen molar-refractivity contribution in [2.45, 2.75) is 40.0 Å². The van der Waals surface area contributed by atoms with E-state index < -0.39 is 0 Å². The highest BCUT2D eigenvalue weighted by molar-refractivity contribution is 5.74. The van der Waals surface area contributed by atoms with Crippen LogP contribution >= 0.6 is 0 Å². The molecule has 0 heterocycles. The second kappa shape index (κ2) is 5.20. The summed E-state index contributed by atoms with van der Waals surface area (Å²) in [4.78, 5) is 0. The van der Waals surface area contributed by atoms with Crippen LogP contribution in [0.2, 0.25) is 0 Å². The Labute approximate surface area is 122 Å². The van der Waals surface area contributed by atoms with Crippen molar-refractivity contribution in [2.75, 3.05) is 11.1 Å². The first-order chi connectivity index (χ1) is 9.27. The summed E-state index contributed by atoms with van der Waals surface area (Å²) in [5, 5.41) is 3.42. The molecule has 0 radical (unpaired) electrons. The maximum atomic E-state index is 6.06. The molecule has 0 spiro atoms. The fraction of sp³-hybridized carbons (Fsp3) is 0.333. The summed E-state index contributed by atoms with van der Waals surface area (Å²) in [5.74, 6) is 0. The number of aryl methyl sites for hydroxylation is 2. The topological polar surface area (TPSA) is 38.0 Å². The number of anilines is 3. The number of nitrogen functional groups attached to an aromatic ring is 1. The van der Waals surface area contributed by atoms with Gasteiger partial charge in [-0.3, -0.25) is 0 Å². The van der Waals surface area contributed by atoms with Gasteiger partial charge in [0, 0.05) is 5.69 Å². The lowest BCUT2D eigenvalue weighted by Crippen LogP contribution is -2.11. The summed E-state index contributed by atoms with van der Waals surface area (Å²) in [6.07, 6.45) is 0.